The van der Waals surface area contributed by atoms with Gasteiger partial charge in [0.05, 0.1) is 16.3 Å². The quantitative estimate of drug-likeness (QED) is 0.764. The summed E-state index contributed by atoms with van der Waals surface area (Å²) in [4.78, 5) is 16.6. The summed E-state index contributed by atoms with van der Waals surface area (Å²) >= 11 is 3.43. The van der Waals surface area contributed by atoms with E-state index in [1.165, 1.54) is 6.26 Å². The van der Waals surface area contributed by atoms with E-state index in [-0.39, 0.29) is 11.7 Å². The number of hydrogen-bond acceptors (Lipinski definition) is 4. The highest BCUT2D eigenvalue weighted by Gasteiger charge is 2.28. The number of hydrogen-bond donors (Lipinski definition) is 3. The van der Waals surface area contributed by atoms with Crippen molar-refractivity contribution in [3.63, 3.8) is 0 Å². The van der Waals surface area contributed by atoms with Gasteiger partial charge in [0.25, 0.3) is 0 Å². The van der Waals surface area contributed by atoms with Crippen LogP contribution in [0.2, 0.25) is 0 Å². The molecule has 8 heteroatoms. The van der Waals surface area contributed by atoms with Gasteiger partial charge in [-0.15, -0.1) is 0 Å². The zero-order valence-electron chi connectivity index (χ0n) is 11.3. The Balaban J connectivity index is 2.59. The predicted octanol–water partition coefficient (Wildman–Crippen LogP) is 1.31. The molecule has 0 bridgehead atoms. The molecule has 0 radical (unpaired) electrons. The molecule has 2 unspecified atom stereocenters. The van der Waals surface area contributed by atoms with Gasteiger partial charge in [-0.05, 0) is 31.7 Å². The first kappa shape index (κ1) is 15.3. The predicted molar refractivity (Wildman–Crippen MR) is 82.7 cm³/mol. The summed E-state index contributed by atoms with van der Waals surface area (Å²) in [5.41, 5.74) is 1.82. The number of imidazole rings is 1. The van der Waals surface area contributed by atoms with Crippen molar-refractivity contribution >= 4 is 36.8 Å². The third-order valence-electron chi connectivity index (χ3n) is 3.42. The molecule has 0 saturated heterocycles. The lowest BCUT2D eigenvalue weighted by atomic mass is 10.0. The average molecular weight is 362 g/mol. The third-order valence-corrected chi connectivity index (χ3v) is 5.73. The Bertz CT molecular complexity index is 794. The van der Waals surface area contributed by atoms with Crippen LogP contribution < -0.4 is 11.0 Å². The number of fused-ring (bicyclic) bond motifs is 1. The molecule has 0 fully saturated rings. The number of sulfone groups is 1. The molecule has 0 aliphatic carbocycles. The van der Waals surface area contributed by atoms with Crippen molar-refractivity contribution in [1.82, 2.24) is 15.3 Å². The SMILES string of the molecule is CNC(c1cc2[nH]c(=O)[nH]c2cc1Br)C(C)S(C)(=O)=O. The first-order valence-electron chi connectivity index (χ1n) is 6.01. The summed E-state index contributed by atoms with van der Waals surface area (Å²) in [7, 11) is -1.48. The van der Waals surface area contributed by atoms with E-state index in [4.69, 9.17) is 0 Å². The van der Waals surface area contributed by atoms with Crippen LogP contribution in [0, 0.1) is 0 Å². The van der Waals surface area contributed by atoms with Gasteiger partial charge >= 0.3 is 5.69 Å². The average Bonchev–Trinajstić information content (AvgIpc) is 2.68. The van der Waals surface area contributed by atoms with Crippen LogP contribution in [0.5, 0.6) is 0 Å². The van der Waals surface area contributed by atoms with Crippen LogP contribution in [0.15, 0.2) is 21.4 Å². The van der Waals surface area contributed by atoms with Gasteiger partial charge in [0.1, 0.15) is 0 Å². The summed E-state index contributed by atoms with van der Waals surface area (Å²) in [6.07, 6.45) is 1.21. The van der Waals surface area contributed by atoms with E-state index in [0.29, 0.717) is 11.0 Å². The second-order valence-electron chi connectivity index (χ2n) is 4.80. The van der Waals surface area contributed by atoms with Crippen molar-refractivity contribution in [1.29, 1.82) is 0 Å². The second-order valence-corrected chi connectivity index (χ2v) is 8.06. The fourth-order valence-corrected chi connectivity index (χ4v) is 3.57. The summed E-state index contributed by atoms with van der Waals surface area (Å²) in [6.45, 7) is 1.66. The zero-order valence-corrected chi connectivity index (χ0v) is 13.7. The van der Waals surface area contributed by atoms with Crippen LogP contribution in [0.1, 0.15) is 18.5 Å². The number of aromatic nitrogens is 2. The number of rotatable bonds is 4. The van der Waals surface area contributed by atoms with Gasteiger partial charge in [-0.2, -0.15) is 0 Å². The second kappa shape index (κ2) is 5.34. The molecule has 2 aromatic rings. The molecule has 2 atom stereocenters. The Labute approximate surface area is 125 Å². The number of nitrogens with one attached hydrogen (secondary N) is 3. The van der Waals surface area contributed by atoms with Crippen LogP contribution in [0.4, 0.5) is 0 Å². The molecule has 0 amide bonds. The minimum absolute atomic E-state index is 0.291. The van der Waals surface area contributed by atoms with E-state index in [1.807, 2.05) is 0 Å². The summed E-state index contributed by atoms with van der Waals surface area (Å²) in [5.74, 6) is 0. The lowest BCUT2D eigenvalue weighted by Gasteiger charge is -2.23. The molecule has 1 aromatic heterocycles. The Kier molecular flexibility index (Phi) is 4.08. The van der Waals surface area contributed by atoms with Gasteiger partial charge < -0.3 is 15.3 Å². The van der Waals surface area contributed by atoms with Crippen molar-refractivity contribution < 1.29 is 8.42 Å². The van der Waals surface area contributed by atoms with Crippen molar-refractivity contribution in [3.8, 4) is 0 Å². The molecule has 1 heterocycles. The molecule has 1 aromatic carbocycles. The molecule has 110 valence electrons. The molecule has 0 aliphatic rings. The Hall–Kier alpha value is -1.12. The molecule has 0 saturated carbocycles. The summed E-state index contributed by atoms with van der Waals surface area (Å²) in [6, 6.07) is 3.17. The first-order chi connectivity index (χ1) is 9.24. The minimum Gasteiger partial charge on any atom is -0.312 e. The highest BCUT2D eigenvalue weighted by molar-refractivity contribution is 9.10. The first-order valence-corrected chi connectivity index (χ1v) is 8.76. The number of halogens is 1. The van der Waals surface area contributed by atoms with Gasteiger partial charge in [0.15, 0.2) is 9.84 Å². The monoisotopic (exact) mass is 361 g/mol. The van der Waals surface area contributed by atoms with Crippen molar-refractivity contribution in [3.05, 3.63) is 32.7 Å². The molecular formula is C12H16BrN3O3S. The molecular weight excluding hydrogens is 346 g/mol. The van der Waals surface area contributed by atoms with E-state index in [2.05, 4.69) is 31.2 Å². The lowest BCUT2D eigenvalue weighted by molar-refractivity contribution is 0.534. The maximum absolute atomic E-state index is 11.8. The Morgan fingerprint density at radius 1 is 1.25 bits per heavy atom. The highest BCUT2D eigenvalue weighted by atomic mass is 79.9. The van der Waals surface area contributed by atoms with Gasteiger partial charge in [-0.3, -0.25) is 0 Å². The maximum Gasteiger partial charge on any atom is 0.323 e. The fourth-order valence-electron chi connectivity index (χ4n) is 2.20. The molecule has 6 nitrogen and oxygen atoms in total. The van der Waals surface area contributed by atoms with Crippen molar-refractivity contribution in [2.24, 2.45) is 0 Å². The van der Waals surface area contributed by atoms with Gasteiger partial charge in [0.2, 0.25) is 0 Å². The number of benzene rings is 1. The van der Waals surface area contributed by atoms with E-state index >= 15 is 0 Å². The van der Waals surface area contributed by atoms with Crippen LogP contribution in [-0.4, -0.2) is 36.9 Å². The van der Waals surface area contributed by atoms with Gasteiger partial charge in [-0.1, -0.05) is 15.9 Å². The van der Waals surface area contributed by atoms with E-state index in [9.17, 15) is 13.2 Å². The normalized spacial score (nSPS) is 15.4. The Morgan fingerprint density at radius 3 is 2.30 bits per heavy atom. The van der Waals surface area contributed by atoms with Crippen LogP contribution >= 0.6 is 15.9 Å². The fraction of sp³-hybridized carbons (Fsp3) is 0.417. The minimum atomic E-state index is -3.19. The van der Waals surface area contributed by atoms with Gasteiger partial charge in [0, 0.05) is 16.8 Å². The standard InChI is InChI=1S/C12H16BrN3O3S/c1-6(20(3,18)19)11(14-2)7-4-9-10(5-8(7)13)16-12(17)15-9/h4-6,11,14H,1-3H3,(H2,15,16,17). The third kappa shape index (κ3) is 2.82. The smallest absolute Gasteiger partial charge is 0.312 e. The summed E-state index contributed by atoms with van der Waals surface area (Å²) < 4.78 is 24.3. The van der Waals surface area contributed by atoms with E-state index in [0.717, 1.165) is 10.0 Å². The zero-order chi connectivity index (χ0) is 15.1. The van der Waals surface area contributed by atoms with Crippen LogP contribution in [0.3, 0.4) is 0 Å². The van der Waals surface area contributed by atoms with Crippen LogP contribution in [-0.2, 0) is 9.84 Å². The topological polar surface area (TPSA) is 94.8 Å². The molecule has 20 heavy (non-hydrogen) atoms. The number of aromatic amines is 2. The summed E-state index contributed by atoms with van der Waals surface area (Å²) in [5, 5.41) is 2.43. The highest BCUT2D eigenvalue weighted by Crippen LogP contribution is 2.30. The molecule has 2 rings (SSSR count). The molecule has 0 spiro atoms. The van der Waals surface area contributed by atoms with E-state index < -0.39 is 15.1 Å². The van der Waals surface area contributed by atoms with Gasteiger partial charge in [-0.25, -0.2) is 13.2 Å². The van der Waals surface area contributed by atoms with Crippen molar-refractivity contribution in [2.45, 2.75) is 18.2 Å². The Morgan fingerprint density at radius 2 is 1.80 bits per heavy atom. The van der Waals surface area contributed by atoms with E-state index in [1.54, 1.807) is 26.1 Å². The maximum atomic E-state index is 11.8. The number of H-pyrrole nitrogens is 2. The molecule has 0 aliphatic heterocycles. The molecule has 3 N–H and O–H groups in total. The lowest BCUT2D eigenvalue weighted by Crippen LogP contribution is -2.33. The largest absolute Gasteiger partial charge is 0.323 e. The van der Waals surface area contributed by atoms with Crippen LogP contribution in [0.25, 0.3) is 11.0 Å². The van der Waals surface area contributed by atoms with Crippen molar-refractivity contribution in [2.75, 3.05) is 13.3 Å².